The fourth-order valence-corrected chi connectivity index (χ4v) is 1.80. The third kappa shape index (κ3) is 15.5. The van der Waals surface area contributed by atoms with E-state index in [1.807, 2.05) is 0 Å². The van der Waals surface area contributed by atoms with Crippen LogP contribution in [0.5, 0.6) is 0 Å². The van der Waals surface area contributed by atoms with Gasteiger partial charge in [-0.25, -0.2) is 0 Å². The van der Waals surface area contributed by atoms with Gasteiger partial charge in [-0.05, 0) is 25.3 Å². The third-order valence-corrected chi connectivity index (χ3v) is 2.79. The van der Waals surface area contributed by atoms with Gasteiger partial charge in [-0.2, -0.15) is 17.2 Å². The molecule has 0 aromatic carbocycles. The lowest BCUT2D eigenvalue weighted by Gasteiger charge is -2.01. The van der Waals surface area contributed by atoms with E-state index in [0.29, 0.717) is 12.8 Å². The molecule has 102 valence electrons. The number of hydrogen-bond donors (Lipinski definition) is 0. The standard InChI is InChI=1S/C11H20F2O3S/c1-17(14,15)16-10-8-6-4-2-3-5-7-9-11(12)13/h9H,2-8,10H2,1H3. The van der Waals surface area contributed by atoms with Gasteiger partial charge in [-0.15, -0.1) is 0 Å². The Morgan fingerprint density at radius 1 is 1.06 bits per heavy atom. The lowest BCUT2D eigenvalue weighted by Crippen LogP contribution is -2.03. The molecule has 3 nitrogen and oxygen atoms in total. The van der Waals surface area contributed by atoms with E-state index in [1.54, 1.807) is 0 Å². The van der Waals surface area contributed by atoms with Crippen molar-refractivity contribution in [2.45, 2.75) is 44.9 Å². The average Bonchev–Trinajstić information content (AvgIpc) is 2.18. The summed E-state index contributed by atoms with van der Waals surface area (Å²) in [5.74, 6) is 0. The van der Waals surface area contributed by atoms with Crippen LogP contribution in [0.15, 0.2) is 12.2 Å². The summed E-state index contributed by atoms with van der Waals surface area (Å²) in [6, 6.07) is 0. The van der Waals surface area contributed by atoms with Crippen molar-refractivity contribution < 1.29 is 21.4 Å². The monoisotopic (exact) mass is 270 g/mol. The van der Waals surface area contributed by atoms with Crippen LogP contribution in [0.25, 0.3) is 0 Å². The van der Waals surface area contributed by atoms with Crippen LogP contribution < -0.4 is 0 Å². The van der Waals surface area contributed by atoms with Crippen molar-refractivity contribution in [1.29, 1.82) is 0 Å². The van der Waals surface area contributed by atoms with E-state index >= 15 is 0 Å². The number of allylic oxidation sites excluding steroid dienone is 1. The highest BCUT2D eigenvalue weighted by Gasteiger charge is 2.00. The molecule has 0 saturated carbocycles. The lowest BCUT2D eigenvalue weighted by molar-refractivity contribution is 0.309. The summed E-state index contributed by atoms with van der Waals surface area (Å²) in [4.78, 5) is 0. The van der Waals surface area contributed by atoms with Crippen LogP contribution in [0, 0.1) is 0 Å². The van der Waals surface area contributed by atoms with Crippen molar-refractivity contribution in [2.75, 3.05) is 12.9 Å². The molecular weight excluding hydrogens is 250 g/mol. The van der Waals surface area contributed by atoms with Gasteiger partial charge in [0, 0.05) is 0 Å². The molecule has 6 heteroatoms. The maximum Gasteiger partial charge on any atom is 0.266 e. The molecule has 0 aliphatic rings. The lowest BCUT2D eigenvalue weighted by atomic mass is 10.1. The van der Waals surface area contributed by atoms with E-state index in [0.717, 1.165) is 44.4 Å². The second-order valence-electron chi connectivity index (χ2n) is 3.93. The van der Waals surface area contributed by atoms with Gasteiger partial charge in [0.25, 0.3) is 16.2 Å². The van der Waals surface area contributed by atoms with Crippen LogP contribution in [0.4, 0.5) is 8.78 Å². The zero-order valence-electron chi connectivity index (χ0n) is 10.1. The average molecular weight is 270 g/mol. The quantitative estimate of drug-likeness (QED) is 0.451. The highest BCUT2D eigenvalue weighted by Crippen LogP contribution is 2.09. The molecule has 0 fully saturated rings. The van der Waals surface area contributed by atoms with Crippen LogP contribution in [-0.2, 0) is 14.3 Å². The Balaban J connectivity index is 3.17. The highest BCUT2D eigenvalue weighted by atomic mass is 32.2. The molecule has 0 aliphatic heterocycles. The molecular formula is C11H20F2O3S. The van der Waals surface area contributed by atoms with Crippen molar-refractivity contribution >= 4 is 10.1 Å². The van der Waals surface area contributed by atoms with Gasteiger partial charge in [-0.3, -0.25) is 4.18 Å². The second kappa shape index (κ2) is 9.53. The molecule has 0 radical (unpaired) electrons. The molecule has 0 spiro atoms. The Morgan fingerprint density at radius 3 is 2.12 bits per heavy atom. The van der Waals surface area contributed by atoms with Crippen LogP contribution >= 0.6 is 0 Å². The molecule has 0 bridgehead atoms. The second-order valence-corrected chi connectivity index (χ2v) is 5.57. The van der Waals surface area contributed by atoms with Crippen LogP contribution in [0.1, 0.15) is 44.9 Å². The molecule has 0 aliphatic carbocycles. The van der Waals surface area contributed by atoms with Crippen molar-refractivity contribution in [2.24, 2.45) is 0 Å². The summed E-state index contributed by atoms with van der Waals surface area (Å²) in [7, 11) is -3.31. The largest absolute Gasteiger partial charge is 0.270 e. The van der Waals surface area contributed by atoms with Crippen LogP contribution in [0.3, 0.4) is 0 Å². The number of hydrogen-bond acceptors (Lipinski definition) is 3. The molecule has 0 amide bonds. The maximum absolute atomic E-state index is 11.6. The van der Waals surface area contributed by atoms with E-state index in [-0.39, 0.29) is 6.61 Å². The first-order valence-electron chi connectivity index (χ1n) is 5.77. The van der Waals surface area contributed by atoms with Gasteiger partial charge >= 0.3 is 0 Å². The minimum Gasteiger partial charge on any atom is -0.270 e. The van der Waals surface area contributed by atoms with Gasteiger partial charge in [0.15, 0.2) is 0 Å². The Bertz CT molecular complexity index is 309. The van der Waals surface area contributed by atoms with Crippen LogP contribution in [-0.4, -0.2) is 21.3 Å². The van der Waals surface area contributed by atoms with Gasteiger partial charge < -0.3 is 0 Å². The van der Waals surface area contributed by atoms with Crippen molar-refractivity contribution in [1.82, 2.24) is 0 Å². The normalized spacial score (nSPS) is 11.5. The SMILES string of the molecule is CS(=O)(=O)OCCCCCCCCC=C(F)F. The zero-order chi connectivity index (χ0) is 13.1. The Labute approximate surface area is 102 Å². The highest BCUT2D eigenvalue weighted by molar-refractivity contribution is 7.85. The summed E-state index contributed by atoms with van der Waals surface area (Å²) in [6.45, 7) is 0.231. The first kappa shape index (κ1) is 16.5. The van der Waals surface area contributed by atoms with E-state index in [9.17, 15) is 17.2 Å². The van der Waals surface area contributed by atoms with Gasteiger partial charge in [-0.1, -0.05) is 25.7 Å². The van der Waals surface area contributed by atoms with E-state index < -0.39 is 16.2 Å². The molecule has 0 unspecified atom stereocenters. The van der Waals surface area contributed by atoms with Gasteiger partial charge in [0.1, 0.15) is 0 Å². The van der Waals surface area contributed by atoms with Crippen LogP contribution in [0.2, 0.25) is 0 Å². The summed E-state index contributed by atoms with van der Waals surface area (Å²) in [5.41, 5.74) is 0. The molecule has 0 N–H and O–H groups in total. The summed E-state index contributed by atoms with van der Waals surface area (Å²) < 4.78 is 49.1. The topological polar surface area (TPSA) is 43.4 Å². The predicted octanol–water partition coefficient (Wildman–Crippen LogP) is 3.47. The molecule has 17 heavy (non-hydrogen) atoms. The smallest absolute Gasteiger partial charge is 0.266 e. The van der Waals surface area contributed by atoms with E-state index in [4.69, 9.17) is 0 Å². The molecule has 0 aromatic rings. The van der Waals surface area contributed by atoms with Gasteiger partial charge in [0.2, 0.25) is 0 Å². The summed E-state index contributed by atoms with van der Waals surface area (Å²) in [6.07, 6.45) is 6.09. The summed E-state index contributed by atoms with van der Waals surface area (Å²) >= 11 is 0. The third-order valence-electron chi connectivity index (χ3n) is 2.19. The number of halogens is 2. The molecule has 0 rings (SSSR count). The van der Waals surface area contributed by atoms with Crippen molar-refractivity contribution in [3.8, 4) is 0 Å². The fourth-order valence-electron chi connectivity index (χ4n) is 1.37. The fraction of sp³-hybridized carbons (Fsp3) is 0.818. The first-order valence-corrected chi connectivity index (χ1v) is 7.59. The first-order chi connectivity index (χ1) is 7.92. The number of rotatable bonds is 10. The van der Waals surface area contributed by atoms with Gasteiger partial charge in [0.05, 0.1) is 12.9 Å². The molecule has 0 saturated heterocycles. The van der Waals surface area contributed by atoms with Crippen molar-refractivity contribution in [3.63, 3.8) is 0 Å². The molecule has 0 atom stereocenters. The Kier molecular flexibility index (Phi) is 9.26. The Morgan fingerprint density at radius 2 is 1.59 bits per heavy atom. The Hall–Kier alpha value is -0.490. The van der Waals surface area contributed by atoms with E-state index in [1.165, 1.54) is 0 Å². The summed E-state index contributed by atoms with van der Waals surface area (Å²) in [5, 5.41) is 0. The predicted molar refractivity (Wildman–Crippen MR) is 63.4 cm³/mol. The minimum absolute atomic E-state index is 0.231. The maximum atomic E-state index is 11.6. The van der Waals surface area contributed by atoms with Crippen molar-refractivity contribution in [3.05, 3.63) is 12.2 Å². The van der Waals surface area contributed by atoms with E-state index in [2.05, 4.69) is 4.18 Å². The molecule has 0 aromatic heterocycles. The molecule has 0 heterocycles. The zero-order valence-corrected chi connectivity index (χ0v) is 10.9. The number of unbranched alkanes of at least 4 members (excludes halogenated alkanes) is 6. The minimum atomic E-state index is -3.31.